The van der Waals surface area contributed by atoms with E-state index in [9.17, 15) is 0 Å². The van der Waals surface area contributed by atoms with Crippen molar-refractivity contribution in [3.05, 3.63) is 56.1 Å². The summed E-state index contributed by atoms with van der Waals surface area (Å²) in [5.41, 5.74) is 2.87. The van der Waals surface area contributed by atoms with Crippen LogP contribution < -0.4 is 0 Å². The molecular formula is C18H17Br2ClN8. The zero-order chi connectivity index (χ0) is 20.4. The number of rotatable bonds is 7. The third kappa shape index (κ3) is 4.29. The minimum Gasteiger partial charge on any atom is -0.300 e. The van der Waals surface area contributed by atoms with Crippen molar-refractivity contribution >= 4 is 43.5 Å². The van der Waals surface area contributed by atoms with Crippen LogP contribution in [0.25, 0.3) is 17.2 Å². The standard InChI is InChI=1S/C18H17Br2ClN8/c1-2-3-4-15-22-18(21)28(25-15)10-11-5-7-12(8-6-11)29-14(20)9-13(19)16(29)17-23-26-27-24-17/h5-9H,2-4,10H2,1H3,(H,23,24,26,27). The number of aromatic amines is 1. The lowest BCUT2D eigenvalue weighted by Crippen LogP contribution is -2.04. The van der Waals surface area contributed by atoms with Gasteiger partial charge in [0.1, 0.15) is 5.69 Å². The molecule has 0 amide bonds. The largest absolute Gasteiger partial charge is 0.300 e. The molecule has 8 nitrogen and oxygen atoms in total. The summed E-state index contributed by atoms with van der Waals surface area (Å²) in [5.74, 6) is 1.36. The summed E-state index contributed by atoms with van der Waals surface area (Å²) in [6, 6.07) is 10.1. The first-order valence-corrected chi connectivity index (χ1v) is 11.0. The lowest BCUT2D eigenvalue weighted by Gasteiger charge is -2.11. The first-order chi connectivity index (χ1) is 14.1. The van der Waals surface area contributed by atoms with E-state index >= 15 is 0 Å². The van der Waals surface area contributed by atoms with E-state index < -0.39 is 0 Å². The number of benzene rings is 1. The smallest absolute Gasteiger partial charge is 0.221 e. The molecule has 0 spiro atoms. The number of unbranched alkanes of at least 4 members (excludes halogenated alkanes) is 1. The molecule has 0 atom stereocenters. The van der Waals surface area contributed by atoms with Crippen molar-refractivity contribution in [1.82, 2.24) is 40.0 Å². The van der Waals surface area contributed by atoms with Gasteiger partial charge in [0.25, 0.3) is 0 Å². The fourth-order valence-corrected chi connectivity index (χ4v) is 4.71. The highest BCUT2D eigenvalue weighted by Gasteiger charge is 2.18. The van der Waals surface area contributed by atoms with Crippen molar-refractivity contribution in [2.24, 2.45) is 0 Å². The van der Waals surface area contributed by atoms with Gasteiger partial charge in [-0.3, -0.25) is 4.57 Å². The van der Waals surface area contributed by atoms with Crippen molar-refractivity contribution in [3.63, 3.8) is 0 Å². The molecule has 150 valence electrons. The van der Waals surface area contributed by atoms with Gasteiger partial charge in [-0.25, -0.2) is 14.8 Å². The van der Waals surface area contributed by atoms with Crippen LogP contribution in [-0.4, -0.2) is 40.0 Å². The van der Waals surface area contributed by atoms with Crippen LogP contribution in [0.5, 0.6) is 0 Å². The molecule has 0 bridgehead atoms. The number of aryl methyl sites for hydroxylation is 1. The molecule has 0 saturated heterocycles. The van der Waals surface area contributed by atoms with Crippen LogP contribution in [0, 0.1) is 0 Å². The number of halogens is 3. The van der Waals surface area contributed by atoms with Gasteiger partial charge in [0.15, 0.2) is 11.6 Å². The first kappa shape index (κ1) is 20.2. The Bertz CT molecular complexity index is 1100. The second-order valence-electron chi connectivity index (χ2n) is 6.47. The fourth-order valence-electron chi connectivity index (χ4n) is 3.01. The van der Waals surface area contributed by atoms with Gasteiger partial charge in [0.2, 0.25) is 5.28 Å². The molecule has 4 rings (SSSR count). The van der Waals surface area contributed by atoms with E-state index in [1.807, 2.05) is 34.9 Å². The molecule has 0 fully saturated rings. The minimum absolute atomic E-state index is 0.414. The average Bonchev–Trinajstić information content (AvgIpc) is 3.41. The lowest BCUT2D eigenvalue weighted by atomic mass is 10.2. The van der Waals surface area contributed by atoms with Crippen molar-refractivity contribution in [1.29, 1.82) is 0 Å². The number of hydrogen-bond acceptors (Lipinski definition) is 5. The molecule has 0 aliphatic carbocycles. The number of aromatic nitrogens is 8. The molecule has 0 radical (unpaired) electrons. The summed E-state index contributed by atoms with van der Waals surface area (Å²) in [5, 5.41) is 19.1. The molecule has 0 aliphatic rings. The van der Waals surface area contributed by atoms with E-state index in [0.29, 0.717) is 17.7 Å². The van der Waals surface area contributed by atoms with Gasteiger partial charge in [-0.1, -0.05) is 25.5 Å². The number of nitrogens with zero attached hydrogens (tertiary/aromatic N) is 7. The summed E-state index contributed by atoms with van der Waals surface area (Å²) in [6.07, 6.45) is 3.00. The van der Waals surface area contributed by atoms with E-state index in [2.05, 4.69) is 69.5 Å². The van der Waals surface area contributed by atoms with Crippen LogP contribution in [0.2, 0.25) is 5.28 Å². The summed E-state index contributed by atoms with van der Waals surface area (Å²) in [7, 11) is 0. The highest BCUT2D eigenvalue weighted by atomic mass is 79.9. The van der Waals surface area contributed by atoms with E-state index in [-0.39, 0.29) is 0 Å². The second-order valence-corrected chi connectivity index (χ2v) is 8.48. The minimum atomic E-state index is 0.414. The van der Waals surface area contributed by atoms with Crippen LogP contribution in [0.4, 0.5) is 0 Å². The quantitative estimate of drug-likeness (QED) is 0.363. The van der Waals surface area contributed by atoms with Crippen LogP contribution in [0.15, 0.2) is 39.4 Å². The molecule has 4 aromatic rings. The number of nitrogens with one attached hydrogen (secondary N) is 1. The maximum absolute atomic E-state index is 6.25. The van der Waals surface area contributed by atoms with Gasteiger partial charge in [0.05, 0.1) is 11.1 Å². The molecule has 3 heterocycles. The molecule has 3 aromatic heterocycles. The normalized spacial score (nSPS) is 11.3. The Morgan fingerprint density at radius 3 is 2.66 bits per heavy atom. The van der Waals surface area contributed by atoms with Crippen molar-refractivity contribution in [2.75, 3.05) is 0 Å². The van der Waals surface area contributed by atoms with Crippen molar-refractivity contribution in [3.8, 4) is 17.2 Å². The predicted molar refractivity (Wildman–Crippen MR) is 117 cm³/mol. The number of hydrogen-bond donors (Lipinski definition) is 1. The maximum Gasteiger partial charge on any atom is 0.221 e. The van der Waals surface area contributed by atoms with Gasteiger partial charge in [-0.2, -0.15) is 5.10 Å². The van der Waals surface area contributed by atoms with Crippen LogP contribution in [0.3, 0.4) is 0 Å². The van der Waals surface area contributed by atoms with Gasteiger partial charge >= 0.3 is 0 Å². The summed E-state index contributed by atoms with van der Waals surface area (Å²) >= 11 is 13.4. The third-order valence-electron chi connectivity index (χ3n) is 4.43. The Labute approximate surface area is 188 Å². The molecule has 11 heteroatoms. The lowest BCUT2D eigenvalue weighted by molar-refractivity contribution is 0.661. The molecular weight excluding hydrogens is 524 g/mol. The highest BCUT2D eigenvalue weighted by molar-refractivity contribution is 9.11. The highest BCUT2D eigenvalue weighted by Crippen LogP contribution is 2.35. The van der Waals surface area contributed by atoms with Crippen molar-refractivity contribution < 1.29 is 0 Å². The Kier molecular flexibility index (Phi) is 6.12. The summed E-state index contributed by atoms with van der Waals surface area (Å²) in [4.78, 5) is 4.34. The third-order valence-corrected chi connectivity index (χ3v) is 5.90. The van der Waals surface area contributed by atoms with E-state index in [1.54, 1.807) is 4.68 Å². The van der Waals surface area contributed by atoms with Crippen LogP contribution >= 0.6 is 43.5 Å². The number of tetrazole rings is 1. The van der Waals surface area contributed by atoms with Gasteiger partial charge in [0, 0.05) is 16.6 Å². The molecule has 0 saturated carbocycles. The molecule has 0 unspecified atom stereocenters. The Balaban J connectivity index is 1.59. The molecule has 0 aliphatic heterocycles. The topological polar surface area (TPSA) is 90.1 Å². The fraction of sp³-hybridized carbons (Fsp3) is 0.278. The monoisotopic (exact) mass is 538 g/mol. The molecule has 1 aromatic carbocycles. The van der Waals surface area contributed by atoms with E-state index in [0.717, 1.165) is 51.1 Å². The zero-order valence-corrected chi connectivity index (χ0v) is 19.4. The summed E-state index contributed by atoms with van der Waals surface area (Å²) in [6.45, 7) is 2.71. The van der Waals surface area contributed by atoms with Gasteiger partial charge in [-0.05, 0) is 84.1 Å². The molecule has 1 N–H and O–H groups in total. The Morgan fingerprint density at radius 2 is 1.97 bits per heavy atom. The summed E-state index contributed by atoms with van der Waals surface area (Å²) < 4.78 is 5.50. The Hall–Kier alpha value is -2.04. The Morgan fingerprint density at radius 1 is 1.17 bits per heavy atom. The van der Waals surface area contributed by atoms with Crippen LogP contribution in [-0.2, 0) is 13.0 Å². The van der Waals surface area contributed by atoms with E-state index in [1.165, 1.54) is 0 Å². The number of H-pyrrole nitrogens is 1. The maximum atomic E-state index is 6.25. The van der Waals surface area contributed by atoms with Crippen molar-refractivity contribution in [2.45, 2.75) is 32.7 Å². The average molecular weight is 541 g/mol. The second kappa shape index (κ2) is 8.76. The van der Waals surface area contributed by atoms with E-state index in [4.69, 9.17) is 11.6 Å². The van der Waals surface area contributed by atoms with Gasteiger partial charge < -0.3 is 0 Å². The first-order valence-electron chi connectivity index (χ1n) is 9.06. The zero-order valence-electron chi connectivity index (χ0n) is 15.5. The SMILES string of the molecule is CCCCc1nc(Cl)n(Cc2ccc(-n3c(Br)cc(Br)c3-c3nnn[nH]3)cc2)n1. The molecule has 29 heavy (non-hydrogen) atoms. The van der Waals surface area contributed by atoms with Gasteiger partial charge in [-0.15, -0.1) is 5.10 Å². The van der Waals surface area contributed by atoms with Crippen LogP contribution in [0.1, 0.15) is 31.2 Å². The predicted octanol–water partition coefficient (Wildman–Crippen LogP) is 4.82.